The number of allylic oxidation sites excluding steroid dienone is 1. The molecule has 0 radical (unpaired) electrons. The molecule has 1 heteroatoms. The van der Waals surface area contributed by atoms with E-state index in [1.807, 2.05) is 0 Å². The van der Waals surface area contributed by atoms with E-state index in [1.54, 1.807) is 5.57 Å². The minimum Gasteiger partial charge on any atom is -0.168 e. The Labute approximate surface area is 227 Å². The molecule has 0 spiro atoms. The van der Waals surface area contributed by atoms with Gasteiger partial charge in [-0.25, -0.2) is 0 Å². The first-order valence-corrected chi connectivity index (χ1v) is 17.2. The standard InChI is InChI=1S/C34H64S/c35-34-31-27-25-23-21-19-17-15-13-11-9-7-5-3-1-2-4-6-8-10-12-14-16-18-20-22-24-26-29-33(34)30-28-32-34/h29,35H,1-28,30-32H2. The highest BCUT2D eigenvalue weighted by atomic mass is 32.1. The van der Waals surface area contributed by atoms with E-state index in [2.05, 4.69) is 6.08 Å². The molecule has 1 atom stereocenters. The second-order valence-electron chi connectivity index (χ2n) is 12.3. The monoisotopic (exact) mass is 504 g/mol. The minimum absolute atomic E-state index is 0.249. The average Bonchev–Trinajstić information content (AvgIpc) is 3.22. The smallest absolute Gasteiger partial charge is 0.0338 e. The summed E-state index contributed by atoms with van der Waals surface area (Å²) < 4.78 is 0.249. The molecule has 206 valence electrons. The molecule has 0 aliphatic heterocycles. The zero-order valence-corrected chi connectivity index (χ0v) is 24.8. The molecule has 0 aromatic heterocycles. The van der Waals surface area contributed by atoms with Gasteiger partial charge in [0.1, 0.15) is 0 Å². The molecule has 0 N–H and O–H groups in total. The lowest BCUT2D eigenvalue weighted by Crippen LogP contribution is -2.19. The lowest BCUT2D eigenvalue weighted by atomic mass is 9.92. The van der Waals surface area contributed by atoms with Crippen LogP contribution in [0.1, 0.15) is 199 Å². The van der Waals surface area contributed by atoms with Gasteiger partial charge in [-0.2, -0.15) is 12.6 Å². The van der Waals surface area contributed by atoms with Gasteiger partial charge >= 0.3 is 0 Å². The highest BCUT2D eigenvalue weighted by molar-refractivity contribution is 7.82. The summed E-state index contributed by atoms with van der Waals surface area (Å²) >= 11 is 5.24. The summed E-state index contributed by atoms with van der Waals surface area (Å²) in [7, 11) is 0. The number of rotatable bonds is 0. The zero-order valence-electron chi connectivity index (χ0n) is 23.9. The van der Waals surface area contributed by atoms with Gasteiger partial charge in [-0.3, -0.25) is 0 Å². The predicted octanol–water partition coefficient (Wildman–Crippen LogP) is 12.7. The molecule has 1 fully saturated rings. The van der Waals surface area contributed by atoms with Gasteiger partial charge in [-0.05, 0) is 38.5 Å². The van der Waals surface area contributed by atoms with Crippen molar-refractivity contribution >= 4 is 12.6 Å². The Morgan fingerprint density at radius 1 is 0.371 bits per heavy atom. The van der Waals surface area contributed by atoms with E-state index in [0.717, 1.165) is 0 Å². The van der Waals surface area contributed by atoms with E-state index in [4.69, 9.17) is 12.6 Å². The first kappa shape index (κ1) is 31.3. The van der Waals surface area contributed by atoms with E-state index >= 15 is 0 Å². The van der Waals surface area contributed by atoms with Crippen LogP contribution in [0.3, 0.4) is 0 Å². The summed E-state index contributed by atoms with van der Waals surface area (Å²) in [5.41, 5.74) is 1.70. The Bertz CT molecular complexity index is 495. The fourth-order valence-corrected chi connectivity index (χ4v) is 7.14. The van der Waals surface area contributed by atoms with Crippen LogP contribution in [0.15, 0.2) is 11.6 Å². The molecular formula is C34H64S. The normalized spacial score (nSPS) is 28.3. The third kappa shape index (κ3) is 16.5. The maximum Gasteiger partial charge on any atom is 0.0338 e. The van der Waals surface area contributed by atoms with Crippen molar-refractivity contribution in [2.24, 2.45) is 0 Å². The van der Waals surface area contributed by atoms with Gasteiger partial charge in [0.2, 0.25) is 0 Å². The Morgan fingerprint density at radius 3 is 1.03 bits per heavy atom. The van der Waals surface area contributed by atoms with E-state index < -0.39 is 0 Å². The first-order valence-electron chi connectivity index (χ1n) is 16.7. The molecule has 0 aromatic carbocycles. The SMILES string of the molecule is SC12CCCCCCCCCCCCCCCCCCCCCCCCCCCCC=C1CCC2. The van der Waals surface area contributed by atoms with Crippen molar-refractivity contribution in [3.63, 3.8) is 0 Å². The second kappa shape index (κ2) is 22.1. The van der Waals surface area contributed by atoms with Gasteiger partial charge in [-0.1, -0.05) is 172 Å². The Hall–Kier alpha value is 0.0900. The van der Waals surface area contributed by atoms with Crippen LogP contribution in [-0.4, -0.2) is 4.75 Å². The third-order valence-corrected chi connectivity index (χ3v) is 9.80. The maximum atomic E-state index is 5.24. The fourth-order valence-electron chi connectivity index (χ4n) is 6.62. The van der Waals surface area contributed by atoms with Crippen molar-refractivity contribution in [3.05, 3.63) is 11.6 Å². The molecule has 2 aliphatic carbocycles. The van der Waals surface area contributed by atoms with Crippen LogP contribution in [0.2, 0.25) is 0 Å². The molecule has 2 aliphatic rings. The number of fused-ring (bicyclic) bond motifs is 1. The zero-order chi connectivity index (χ0) is 24.7. The van der Waals surface area contributed by atoms with Crippen LogP contribution in [0, 0.1) is 0 Å². The van der Waals surface area contributed by atoms with Crippen LogP contribution >= 0.6 is 12.6 Å². The molecular weight excluding hydrogens is 440 g/mol. The number of thiol groups is 1. The van der Waals surface area contributed by atoms with Gasteiger partial charge in [-0.15, -0.1) is 0 Å². The third-order valence-electron chi connectivity index (χ3n) is 9.07. The van der Waals surface area contributed by atoms with Crippen LogP contribution in [0.4, 0.5) is 0 Å². The van der Waals surface area contributed by atoms with E-state index in [1.165, 1.54) is 199 Å². The maximum absolute atomic E-state index is 5.24. The Balaban J connectivity index is 1.61. The van der Waals surface area contributed by atoms with Gasteiger partial charge in [0.15, 0.2) is 0 Å². The molecule has 0 bridgehead atoms. The van der Waals surface area contributed by atoms with Crippen LogP contribution < -0.4 is 0 Å². The largest absolute Gasteiger partial charge is 0.168 e. The van der Waals surface area contributed by atoms with Crippen molar-refractivity contribution in [3.8, 4) is 0 Å². The van der Waals surface area contributed by atoms with Crippen molar-refractivity contribution in [1.82, 2.24) is 0 Å². The molecule has 2 rings (SSSR count). The molecule has 0 nitrogen and oxygen atoms in total. The lowest BCUT2D eigenvalue weighted by Gasteiger charge is -2.25. The van der Waals surface area contributed by atoms with Crippen LogP contribution in [0.25, 0.3) is 0 Å². The Morgan fingerprint density at radius 2 is 0.657 bits per heavy atom. The lowest BCUT2D eigenvalue weighted by molar-refractivity contribution is 0.510. The molecule has 1 saturated carbocycles. The molecule has 0 heterocycles. The average molecular weight is 505 g/mol. The predicted molar refractivity (Wildman–Crippen MR) is 163 cm³/mol. The second-order valence-corrected chi connectivity index (χ2v) is 13.2. The van der Waals surface area contributed by atoms with Gasteiger partial charge < -0.3 is 0 Å². The number of hydrogen-bond acceptors (Lipinski definition) is 1. The summed E-state index contributed by atoms with van der Waals surface area (Å²) in [5, 5.41) is 0. The molecule has 1 unspecified atom stereocenters. The van der Waals surface area contributed by atoms with Crippen molar-refractivity contribution < 1.29 is 0 Å². The summed E-state index contributed by atoms with van der Waals surface area (Å²) in [6.45, 7) is 0. The van der Waals surface area contributed by atoms with Crippen molar-refractivity contribution in [2.75, 3.05) is 0 Å². The Kier molecular flexibility index (Phi) is 19.8. The van der Waals surface area contributed by atoms with E-state index in [0.29, 0.717) is 0 Å². The van der Waals surface area contributed by atoms with Crippen LogP contribution in [-0.2, 0) is 0 Å². The van der Waals surface area contributed by atoms with Crippen molar-refractivity contribution in [1.29, 1.82) is 0 Å². The molecule has 0 amide bonds. The van der Waals surface area contributed by atoms with Gasteiger partial charge in [0.05, 0.1) is 0 Å². The first-order chi connectivity index (χ1) is 17.3. The van der Waals surface area contributed by atoms with E-state index in [-0.39, 0.29) is 4.75 Å². The fraction of sp³-hybridized carbons (Fsp3) is 0.941. The highest BCUT2D eigenvalue weighted by Gasteiger charge is 2.33. The topological polar surface area (TPSA) is 0 Å². The molecule has 35 heavy (non-hydrogen) atoms. The summed E-state index contributed by atoms with van der Waals surface area (Å²) in [6.07, 6.45) is 47.4. The molecule has 0 aromatic rings. The molecule has 0 saturated heterocycles. The van der Waals surface area contributed by atoms with Crippen LogP contribution in [0.5, 0.6) is 0 Å². The van der Waals surface area contributed by atoms with Gasteiger partial charge in [0, 0.05) is 4.75 Å². The van der Waals surface area contributed by atoms with Gasteiger partial charge in [0.25, 0.3) is 0 Å². The number of hydrogen-bond donors (Lipinski definition) is 1. The minimum atomic E-state index is 0.249. The quantitative estimate of drug-likeness (QED) is 0.246. The highest BCUT2D eigenvalue weighted by Crippen LogP contribution is 2.44. The summed E-state index contributed by atoms with van der Waals surface area (Å²) in [4.78, 5) is 0. The van der Waals surface area contributed by atoms with E-state index in [9.17, 15) is 0 Å². The summed E-state index contributed by atoms with van der Waals surface area (Å²) in [6, 6.07) is 0. The van der Waals surface area contributed by atoms with Crippen molar-refractivity contribution in [2.45, 2.75) is 204 Å². The summed E-state index contributed by atoms with van der Waals surface area (Å²) in [5.74, 6) is 0.